The Balaban J connectivity index is 3.02. The topological polar surface area (TPSA) is 76.2 Å². The normalized spacial score (nSPS) is 12.4. The van der Waals surface area contributed by atoms with Crippen LogP contribution in [0.5, 0.6) is 0 Å². The number of aromatic nitrogens is 1. The average Bonchev–Trinajstić information content (AvgIpc) is 2.04. The maximum Gasteiger partial charge on any atom is 0.312 e. The number of hydrogen-bond donors (Lipinski definition) is 2. The SMILES string of the molecule is CC(C(=O)O)c1ncccc1N. The van der Waals surface area contributed by atoms with Crippen LogP contribution in [0.25, 0.3) is 0 Å². The zero-order valence-electron chi connectivity index (χ0n) is 6.69. The quantitative estimate of drug-likeness (QED) is 0.682. The van der Waals surface area contributed by atoms with Crippen molar-refractivity contribution in [2.24, 2.45) is 0 Å². The summed E-state index contributed by atoms with van der Waals surface area (Å²) >= 11 is 0. The molecule has 0 aliphatic heterocycles. The Hall–Kier alpha value is -1.58. The van der Waals surface area contributed by atoms with Gasteiger partial charge in [-0.1, -0.05) is 0 Å². The monoisotopic (exact) mass is 166 g/mol. The van der Waals surface area contributed by atoms with Gasteiger partial charge in [0, 0.05) is 6.20 Å². The first kappa shape index (κ1) is 8.52. The maximum atomic E-state index is 10.6. The molecule has 0 radical (unpaired) electrons. The van der Waals surface area contributed by atoms with Crippen molar-refractivity contribution in [3.05, 3.63) is 24.0 Å². The van der Waals surface area contributed by atoms with E-state index in [1.54, 1.807) is 19.1 Å². The molecule has 4 nitrogen and oxygen atoms in total. The van der Waals surface area contributed by atoms with Crippen molar-refractivity contribution < 1.29 is 9.90 Å². The van der Waals surface area contributed by atoms with Gasteiger partial charge in [0.15, 0.2) is 0 Å². The van der Waals surface area contributed by atoms with Crippen LogP contribution in [0.2, 0.25) is 0 Å². The van der Waals surface area contributed by atoms with Gasteiger partial charge in [-0.25, -0.2) is 0 Å². The van der Waals surface area contributed by atoms with E-state index < -0.39 is 11.9 Å². The summed E-state index contributed by atoms with van der Waals surface area (Å²) < 4.78 is 0. The van der Waals surface area contributed by atoms with Gasteiger partial charge in [-0.2, -0.15) is 0 Å². The molecule has 0 bridgehead atoms. The van der Waals surface area contributed by atoms with Crippen molar-refractivity contribution >= 4 is 11.7 Å². The summed E-state index contributed by atoms with van der Waals surface area (Å²) in [7, 11) is 0. The standard InChI is InChI=1S/C8H10N2O2/c1-5(8(11)12)7-6(9)3-2-4-10-7/h2-5H,9H2,1H3,(H,11,12). The minimum Gasteiger partial charge on any atom is -0.481 e. The first-order valence-corrected chi connectivity index (χ1v) is 3.56. The lowest BCUT2D eigenvalue weighted by Crippen LogP contribution is -2.11. The predicted octanol–water partition coefficient (Wildman–Crippen LogP) is 0.852. The number of carbonyl (C=O) groups is 1. The van der Waals surface area contributed by atoms with Gasteiger partial charge in [0.05, 0.1) is 17.3 Å². The zero-order chi connectivity index (χ0) is 9.14. The van der Waals surface area contributed by atoms with Crippen LogP contribution in [-0.2, 0) is 4.79 Å². The molecule has 1 aromatic rings. The third-order valence-corrected chi connectivity index (χ3v) is 1.65. The largest absolute Gasteiger partial charge is 0.481 e. The van der Waals surface area contributed by atoms with E-state index in [1.165, 1.54) is 6.20 Å². The van der Waals surface area contributed by atoms with E-state index in [4.69, 9.17) is 10.8 Å². The van der Waals surface area contributed by atoms with Crippen molar-refractivity contribution in [2.75, 3.05) is 5.73 Å². The molecule has 0 amide bonds. The number of carboxylic acids is 1. The number of rotatable bonds is 2. The number of pyridine rings is 1. The third-order valence-electron chi connectivity index (χ3n) is 1.65. The molecule has 3 N–H and O–H groups in total. The smallest absolute Gasteiger partial charge is 0.312 e. The molecule has 0 spiro atoms. The molecule has 0 saturated carbocycles. The lowest BCUT2D eigenvalue weighted by molar-refractivity contribution is -0.138. The second-order valence-corrected chi connectivity index (χ2v) is 2.54. The predicted molar refractivity (Wildman–Crippen MR) is 44.7 cm³/mol. The van der Waals surface area contributed by atoms with Gasteiger partial charge in [-0.3, -0.25) is 9.78 Å². The summed E-state index contributed by atoms with van der Waals surface area (Å²) in [6.45, 7) is 1.56. The number of aliphatic carboxylic acids is 1. The van der Waals surface area contributed by atoms with Crippen molar-refractivity contribution in [3.63, 3.8) is 0 Å². The first-order valence-electron chi connectivity index (χ1n) is 3.56. The summed E-state index contributed by atoms with van der Waals surface area (Å²) in [5, 5.41) is 8.66. The average molecular weight is 166 g/mol. The molecule has 0 fully saturated rings. The van der Waals surface area contributed by atoms with Crippen LogP contribution in [0.3, 0.4) is 0 Å². The van der Waals surface area contributed by atoms with Crippen molar-refractivity contribution in [1.29, 1.82) is 0 Å². The molecule has 0 aliphatic rings. The molecule has 1 aromatic heterocycles. The van der Waals surface area contributed by atoms with E-state index in [-0.39, 0.29) is 0 Å². The van der Waals surface area contributed by atoms with Crippen LogP contribution in [0, 0.1) is 0 Å². The summed E-state index contributed by atoms with van der Waals surface area (Å²) in [4.78, 5) is 14.5. The molecular formula is C8H10N2O2. The van der Waals surface area contributed by atoms with Gasteiger partial charge >= 0.3 is 5.97 Å². The first-order chi connectivity index (χ1) is 5.63. The molecule has 4 heteroatoms. The fraction of sp³-hybridized carbons (Fsp3) is 0.250. The van der Waals surface area contributed by atoms with Gasteiger partial charge in [0.2, 0.25) is 0 Å². The van der Waals surface area contributed by atoms with Crippen LogP contribution in [-0.4, -0.2) is 16.1 Å². The Morgan fingerprint density at radius 2 is 2.42 bits per heavy atom. The summed E-state index contributed by atoms with van der Waals surface area (Å²) in [5.41, 5.74) is 6.38. The van der Waals surface area contributed by atoms with Crippen molar-refractivity contribution in [2.45, 2.75) is 12.8 Å². The molecule has 0 saturated heterocycles. The van der Waals surface area contributed by atoms with Crippen LogP contribution in [0.15, 0.2) is 18.3 Å². The van der Waals surface area contributed by atoms with E-state index >= 15 is 0 Å². The second-order valence-electron chi connectivity index (χ2n) is 2.54. The van der Waals surface area contributed by atoms with Crippen LogP contribution < -0.4 is 5.73 Å². The lowest BCUT2D eigenvalue weighted by atomic mass is 10.1. The number of nitrogen functional groups attached to an aromatic ring is 1. The third kappa shape index (κ3) is 1.53. The van der Waals surface area contributed by atoms with Gasteiger partial charge in [0.1, 0.15) is 0 Å². The highest BCUT2D eigenvalue weighted by molar-refractivity contribution is 5.76. The number of nitrogens with two attached hydrogens (primary N) is 1. The lowest BCUT2D eigenvalue weighted by Gasteiger charge is -2.07. The van der Waals surface area contributed by atoms with Gasteiger partial charge in [0.25, 0.3) is 0 Å². The molecule has 1 unspecified atom stereocenters. The number of nitrogens with zero attached hydrogens (tertiary/aromatic N) is 1. The molecule has 64 valence electrons. The molecule has 1 atom stereocenters. The number of hydrogen-bond acceptors (Lipinski definition) is 3. The zero-order valence-corrected chi connectivity index (χ0v) is 6.69. The number of carboxylic acid groups (broad SMARTS) is 1. The van der Waals surface area contributed by atoms with E-state index in [0.29, 0.717) is 11.4 Å². The van der Waals surface area contributed by atoms with E-state index in [9.17, 15) is 4.79 Å². The highest BCUT2D eigenvalue weighted by Crippen LogP contribution is 2.18. The molecular weight excluding hydrogens is 156 g/mol. The van der Waals surface area contributed by atoms with E-state index in [2.05, 4.69) is 4.98 Å². The molecule has 1 heterocycles. The number of anilines is 1. The van der Waals surface area contributed by atoms with E-state index in [1.807, 2.05) is 0 Å². The summed E-state index contributed by atoms with van der Waals surface area (Å²) in [6, 6.07) is 3.31. The molecule has 0 aliphatic carbocycles. The fourth-order valence-corrected chi connectivity index (χ4v) is 0.909. The Morgan fingerprint density at radius 1 is 1.75 bits per heavy atom. The Morgan fingerprint density at radius 3 is 2.92 bits per heavy atom. The fourth-order valence-electron chi connectivity index (χ4n) is 0.909. The van der Waals surface area contributed by atoms with Crippen molar-refractivity contribution in [1.82, 2.24) is 4.98 Å². The van der Waals surface area contributed by atoms with E-state index in [0.717, 1.165) is 0 Å². The second kappa shape index (κ2) is 3.21. The highest BCUT2D eigenvalue weighted by atomic mass is 16.4. The maximum absolute atomic E-state index is 10.6. The Kier molecular flexibility index (Phi) is 2.28. The summed E-state index contributed by atoms with van der Waals surface area (Å²) in [5.74, 6) is -1.56. The highest BCUT2D eigenvalue weighted by Gasteiger charge is 2.16. The summed E-state index contributed by atoms with van der Waals surface area (Å²) in [6.07, 6.45) is 1.53. The van der Waals surface area contributed by atoms with Gasteiger partial charge < -0.3 is 10.8 Å². The van der Waals surface area contributed by atoms with Crippen LogP contribution in [0.1, 0.15) is 18.5 Å². The van der Waals surface area contributed by atoms with Gasteiger partial charge in [-0.15, -0.1) is 0 Å². The van der Waals surface area contributed by atoms with Gasteiger partial charge in [-0.05, 0) is 19.1 Å². The molecule has 1 rings (SSSR count). The minimum absolute atomic E-state index is 0.421. The minimum atomic E-state index is -0.916. The van der Waals surface area contributed by atoms with Crippen LogP contribution >= 0.6 is 0 Å². The molecule has 12 heavy (non-hydrogen) atoms. The van der Waals surface area contributed by atoms with Crippen molar-refractivity contribution in [3.8, 4) is 0 Å². The Labute approximate surface area is 70.0 Å². The Bertz CT molecular complexity index is 299. The van der Waals surface area contributed by atoms with Crippen LogP contribution in [0.4, 0.5) is 5.69 Å². The molecule has 0 aromatic carbocycles.